The maximum atomic E-state index is 13.0. The van der Waals surface area contributed by atoms with E-state index in [4.69, 9.17) is 0 Å². The van der Waals surface area contributed by atoms with Crippen LogP contribution in [0.4, 0.5) is 0 Å². The molecule has 1 aliphatic carbocycles. The first-order chi connectivity index (χ1) is 11.6. The summed E-state index contributed by atoms with van der Waals surface area (Å²) >= 11 is 0. The highest BCUT2D eigenvalue weighted by atomic mass is 32.2. The van der Waals surface area contributed by atoms with E-state index >= 15 is 0 Å². The summed E-state index contributed by atoms with van der Waals surface area (Å²) in [6.45, 7) is 3.88. The third kappa shape index (κ3) is 2.28. The van der Waals surface area contributed by atoms with Gasteiger partial charge in [-0.15, -0.1) is 10.2 Å². The van der Waals surface area contributed by atoms with Crippen molar-refractivity contribution in [3.63, 3.8) is 0 Å². The van der Waals surface area contributed by atoms with Gasteiger partial charge in [0.1, 0.15) is 17.0 Å². The molecule has 8 heteroatoms. The Balaban J connectivity index is 1.69. The van der Waals surface area contributed by atoms with E-state index in [-0.39, 0.29) is 16.2 Å². The Morgan fingerprint density at radius 3 is 2.83 bits per heavy atom. The van der Waals surface area contributed by atoms with E-state index in [2.05, 4.69) is 22.1 Å². The molecule has 2 aromatic rings. The summed E-state index contributed by atoms with van der Waals surface area (Å²) in [6, 6.07) is 3.27. The van der Waals surface area contributed by atoms with Crippen LogP contribution >= 0.6 is 0 Å². The van der Waals surface area contributed by atoms with Gasteiger partial charge in [-0.2, -0.15) is 4.31 Å². The number of nitrogens with zero attached hydrogens (tertiary/aromatic N) is 5. The van der Waals surface area contributed by atoms with Crippen LogP contribution in [0.1, 0.15) is 37.9 Å². The number of rotatable bonds is 4. The minimum atomic E-state index is -3.52. The average Bonchev–Trinajstić information content (AvgIpc) is 3.19. The first kappa shape index (κ1) is 15.7. The molecule has 2 aromatic heterocycles. The molecule has 7 nitrogen and oxygen atoms in total. The SMILES string of the molecule is CCn1cnnc1C1CN(S(=O)(=O)c2cccnc2)CC12CCC2. The molecule has 24 heavy (non-hydrogen) atoms. The highest BCUT2D eigenvalue weighted by molar-refractivity contribution is 7.89. The van der Waals surface area contributed by atoms with Crippen LogP contribution in [0, 0.1) is 5.41 Å². The van der Waals surface area contributed by atoms with Crippen LogP contribution in [0.3, 0.4) is 0 Å². The summed E-state index contributed by atoms with van der Waals surface area (Å²) in [7, 11) is -3.52. The molecule has 0 radical (unpaired) electrons. The fourth-order valence-corrected chi connectivity index (χ4v) is 5.54. The second-order valence-corrected chi connectivity index (χ2v) is 8.67. The molecule has 2 aliphatic rings. The van der Waals surface area contributed by atoms with E-state index in [0.717, 1.165) is 31.6 Å². The molecule has 1 saturated heterocycles. The van der Waals surface area contributed by atoms with Crippen LogP contribution in [-0.2, 0) is 16.6 Å². The van der Waals surface area contributed by atoms with Crippen molar-refractivity contribution in [2.75, 3.05) is 13.1 Å². The fraction of sp³-hybridized carbons (Fsp3) is 0.562. The number of hydrogen-bond acceptors (Lipinski definition) is 5. The van der Waals surface area contributed by atoms with Gasteiger partial charge >= 0.3 is 0 Å². The van der Waals surface area contributed by atoms with Crippen LogP contribution in [0.5, 0.6) is 0 Å². The molecule has 3 heterocycles. The van der Waals surface area contributed by atoms with Crippen molar-refractivity contribution >= 4 is 10.0 Å². The molecule has 128 valence electrons. The van der Waals surface area contributed by atoms with E-state index < -0.39 is 10.0 Å². The van der Waals surface area contributed by atoms with E-state index in [1.54, 1.807) is 29.0 Å². The minimum absolute atomic E-state index is 0.00916. The van der Waals surface area contributed by atoms with Gasteiger partial charge < -0.3 is 4.57 Å². The lowest BCUT2D eigenvalue weighted by Crippen LogP contribution is -2.38. The molecule has 4 rings (SSSR count). The molecule has 0 N–H and O–H groups in total. The van der Waals surface area contributed by atoms with Crippen LogP contribution < -0.4 is 0 Å². The Morgan fingerprint density at radius 1 is 1.38 bits per heavy atom. The van der Waals surface area contributed by atoms with E-state index in [9.17, 15) is 8.42 Å². The summed E-state index contributed by atoms with van der Waals surface area (Å²) < 4.78 is 29.6. The van der Waals surface area contributed by atoms with Gasteiger partial charge in [-0.05, 0) is 37.3 Å². The number of pyridine rings is 1. The van der Waals surface area contributed by atoms with Gasteiger partial charge in [0.15, 0.2) is 0 Å². The predicted molar refractivity (Wildman–Crippen MR) is 87.7 cm³/mol. The van der Waals surface area contributed by atoms with Crippen molar-refractivity contribution in [3.8, 4) is 0 Å². The van der Waals surface area contributed by atoms with Gasteiger partial charge in [0.2, 0.25) is 10.0 Å². The Bertz CT molecular complexity index is 829. The molecule has 0 aromatic carbocycles. The highest BCUT2D eigenvalue weighted by Gasteiger charge is 2.55. The molecule has 0 bridgehead atoms. The second-order valence-electron chi connectivity index (χ2n) is 6.73. The maximum absolute atomic E-state index is 13.0. The normalized spacial score (nSPS) is 23.5. The summed E-state index contributed by atoms with van der Waals surface area (Å²) in [6.07, 6.45) is 7.99. The molecule has 1 saturated carbocycles. The van der Waals surface area contributed by atoms with Crippen LogP contribution in [0.2, 0.25) is 0 Å². The standard InChI is InChI=1S/C16H21N5O2S/c1-2-20-12-18-19-15(20)14-10-21(11-16(14)6-4-7-16)24(22,23)13-5-3-8-17-9-13/h3,5,8-9,12,14H,2,4,6-7,10-11H2,1H3. The van der Waals surface area contributed by atoms with Gasteiger partial charge in [0, 0.05) is 37.9 Å². The third-order valence-corrected chi connectivity index (χ3v) is 7.33. The molecule has 1 unspecified atom stereocenters. The van der Waals surface area contributed by atoms with Crippen LogP contribution in [-0.4, -0.2) is 45.6 Å². The quantitative estimate of drug-likeness (QED) is 0.840. The molecule has 1 atom stereocenters. The van der Waals surface area contributed by atoms with Crippen molar-refractivity contribution in [2.45, 2.75) is 43.5 Å². The first-order valence-electron chi connectivity index (χ1n) is 8.35. The van der Waals surface area contributed by atoms with Gasteiger partial charge in [0.05, 0.1) is 0 Å². The minimum Gasteiger partial charge on any atom is -0.318 e. The van der Waals surface area contributed by atoms with Crippen molar-refractivity contribution in [3.05, 3.63) is 36.7 Å². The monoisotopic (exact) mass is 347 g/mol. The molecular formula is C16H21N5O2S. The summed E-state index contributed by atoms with van der Waals surface area (Å²) in [4.78, 5) is 4.22. The van der Waals surface area contributed by atoms with Crippen molar-refractivity contribution < 1.29 is 8.42 Å². The average molecular weight is 347 g/mol. The van der Waals surface area contributed by atoms with Crippen LogP contribution in [0.15, 0.2) is 35.7 Å². The molecular weight excluding hydrogens is 326 g/mol. The lowest BCUT2D eigenvalue weighted by Gasteiger charge is -2.42. The molecule has 2 fully saturated rings. The number of sulfonamides is 1. The highest BCUT2D eigenvalue weighted by Crippen LogP contribution is 2.56. The van der Waals surface area contributed by atoms with E-state index in [1.807, 2.05) is 4.57 Å². The Morgan fingerprint density at radius 2 is 2.21 bits per heavy atom. The zero-order valence-electron chi connectivity index (χ0n) is 13.7. The van der Waals surface area contributed by atoms with Gasteiger partial charge in [-0.1, -0.05) is 6.42 Å². The largest absolute Gasteiger partial charge is 0.318 e. The number of aromatic nitrogens is 4. The predicted octanol–water partition coefficient (Wildman–Crippen LogP) is 1.65. The first-order valence-corrected chi connectivity index (χ1v) is 9.79. The van der Waals surface area contributed by atoms with Gasteiger partial charge in [-0.25, -0.2) is 8.42 Å². The van der Waals surface area contributed by atoms with E-state index in [0.29, 0.717) is 13.1 Å². The maximum Gasteiger partial charge on any atom is 0.244 e. The zero-order valence-corrected chi connectivity index (χ0v) is 14.5. The van der Waals surface area contributed by atoms with Crippen molar-refractivity contribution in [2.24, 2.45) is 5.41 Å². The second kappa shape index (κ2) is 5.63. The van der Waals surface area contributed by atoms with Crippen molar-refractivity contribution in [1.29, 1.82) is 0 Å². The summed E-state index contributed by atoms with van der Waals surface area (Å²) in [5.41, 5.74) is 0.00916. The molecule has 1 spiro atoms. The van der Waals surface area contributed by atoms with Crippen molar-refractivity contribution in [1.82, 2.24) is 24.1 Å². The smallest absolute Gasteiger partial charge is 0.244 e. The third-order valence-electron chi connectivity index (χ3n) is 5.54. The Labute approximate surface area is 141 Å². The number of hydrogen-bond donors (Lipinski definition) is 0. The lowest BCUT2D eigenvalue weighted by molar-refractivity contribution is 0.125. The summed E-state index contributed by atoms with van der Waals surface area (Å²) in [5.74, 6) is 1.03. The summed E-state index contributed by atoms with van der Waals surface area (Å²) in [5, 5.41) is 8.36. The Kier molecular flexibility index (Phi) is 3.69. The van der Waals surface area contributed by atoms with E-state index in [1.165, 1.54) is 6.20 Å². The number of aryl methyl sites for hydroxylation is 1. The van der Waals surface area contributed by atoms with Gasteiger partial charge in [0.25, 0.3) is 0 Å². The zero-order chi connectivity index (χ0) is 16.8. The Hall–Kier alpha value is -1.80. The fourth-order valence-electron chi connectivity index (χ4n) is 4.03. The van der Waals surface area contributed by atoms with Gasteiger partial charge in [-0.3, -0.25) is 4.98 Å². The molecule has 0 amide bonds. The topological polar surface area (TPSA) is 81.0 Å². The molecule has 1 aliphatic heterocycles. The lowest BCUT2D eigenvalue weighted by atomic mass is 9.62. The van der Waals surface area contributed by atoms with Crippen LogP contribution in [0.25, 0.3) is 0 Å².